The van der Waals surface area contributed by atoms with Gasteiger partial charge in [-0.3, -0.25) is 4.79 Å². The SMILES string of the molecule is CC(=O)Cc1csc(Nc2ccc(N3CCOCC3)cc2)n1. The second kappa shape index (κ2) is 6.89. The van der Waals surface area contributed by atoms with Crippen molar-refractivity contribution in [2.45, 2.75) is 13.3 Å². The quantitative estimate of drug-likeness (QED) is 0.919. The number of morpholine rings is 1. The minimum absolute atomic E-state index is 0.131. The van der Waals surface area contributed by atoms with E-state index >= 15 is 0 Å². The van der Waals surface area contributed by atoms with Crippen LogP contribution in [-0.4, -0.2) is 37.1 Å². The lowest BCUT2D eigenvalue weighted by molar-refractivity contribution is -0.116. The molecule has 1 saturated heterocycles. The van der Waals surface area contributed by atoms with E-state index in [-0.39, 0.29) is 5.78 Å². The lowest BCUT2D eigenvalue weighted by atomic mass is 10.2. The van der Waals surface area contributed by atoms with E-state index in [1.807, 2.05) is 5.38 Å². The highest BCUT2D eigenvalue weighted by molar-refractivity contribution is 7.13. The Balaban J connectivity index is 1.63. The van der Waals surface area contributed by atoms with Crippen LogP contribution in [0.4, 0.5) is 16.5 Å². The van der Waals surface area contributed by atoms with Gasteiger partial charge in [0, 0.05) is 36.3 Å². The third kappa shape index (κ3) is 3.84. The third-order valence-electron chi connectivity index (χ3n) is 3.48. The molecule has 0 spiro atoms. The van der Waals surface area contributed by atoms with E-state index in [2.05, 4.69) is 39.5 Å². The molecule has 1 aliphatic rings. The molecule has 0 aliphatic carbocycles. The number of anilines is 3. The zero-order valence-electron chi connectivity index (χ0n) is 12.5. The fourth-order valence-electron chi connectivity index (χ4n) is 2.40. The van der Waals surface area contributed by atoms with Crippen molar-refractivity contribution in [3.8, 4) is 0 Å². The molecule has 1 fully saturated rings. The van der Waals surface area contributed by atoms with E-state index in [9.17, 15) is 4.79 Å². The molecule has 0 amide bonds. The number of carbonyl (C=O) groups excluding carboxylic acids is 1. The Morgan fingerprint density at radius 3 is 2.73 bits per heavy atom. The molecule has 0 atom stereocenters. The number of benzene rings is 1. The Morgan fingerprint density at radius 2 is 2.05 bits per heavy atom. The van der Waals surface area contributed by atoms with Crippen molar-refractivity contribution < 1.29 is 9.53 Å². The van der Waals surface area contributed by atoms with Crippen molar-refractivity contribution in [1.29, 1.82) is 0 Å². The van der Waals surface area contributed by atoms with Gasteiger partial charge in [-0.2, -0.15) is 0 Å². The number of rotatable bonds is 5. The molecule has 0 radical (unpaired) electrons. The Bertz CT molecular complexity index is 633. The van der Waals surface area contributed by atoms with Gasteiger partial charge in [0.25, 0.3) is 0 Å². The van der Waals surface area contributed by atoms with Crippen LogP contribution in [0.15, 0.2) is 29.6 Å². The molecule has 1 aliphatic heterocycles. The first kappa shape index (κ1) is 15.0. The fraction of sp³-hybridized carbons (Fsp3) is 0.375. The van der Waals surface area contributed by atoms with Crippen molar-refractivity contribution >= 4 is 33.6 Å². The van der Waals surface area contributed by atoms with Crippen molar-refractivity contribution in [3.05, 3.63) is 35.3 Å². The molecule has 1 aromatic carbocycles. The van der Waals surface area contributed by atoms with Gasteiger partial charge in [-0.15, -0.1) is 11.3 Å². The molecule has 22 heavy (non-hydrogen) atoms. The zero-order chi connectivity index (χ0) is 15.4. The van der Waals surface area contributed by atoms with Gasteiger partial charge in [0.2, 0.25) is 0 Å². The van der Waals surface area contributed by atoms with Gasteiger partial charge in [-0.05, 0) is 31.2 Å². The highest BCUT2D eigenvalue weighted by Gasteiger charge is 2.11. The summed E-state index contributed by atoms with van der Waals surface area (Å²) < 4.78 is 5.37. The normalized spacial score (nSPS) is 14.9. The van der Waals surface area contributed by atoms with Gasteiger partial charge in [-0.25, -0.2) is 4.98 Å². The maximum Gasteiger partial charge on any atom is 0.187 e. The molecule has 2 heterocycles. The maximum atomic E-state index is 11.1. The third-order valence-corrected chi connectivity index (χ3v) is 4.28. The molecule has 116 valence electrons. The van der Waals surface area contributed by atoms with Gasteiger partial charge >= 0.3 is 0 Å². The van der Waals surface area contributed by atoms with Crippen LogP contribution in [0.5, 0.6) is 0 Å². The van der Waals surface area contributed by atoms with Gasteiger partial charge in [0.15, 0.2) is 5.13 Å². The van der Waals surface area contributed by atoms with E-state index < -0.39 is 0 Å². The van der Waals surface area contributed by atoms with E-state index in [0.717, 1.165) is 42.8 Å². The first-order valence-electron chi connectivity index (χ1n) is 7.34. The topological polar surface area (TPSA) is 54.5 Å². The van der Waals surface area contributed by atoms with E-state index in [0.29, 0.717) is 6.42 Å². The summed E-state index contributed by atoms with van der Waals surface area (Å²) >= 11 is 1.52. The Kier molecular flexibility index (Phi) is 4.70. The Hall–Kier alpha value is -1.92. The average Bonchev–Trinajstić information content (AvgIpc) is 2.95. The number of hydrogen-bond donors (Lipinski definition) is 1. The van der Waals surface area contributed by atoms with Gasteiger partial charge in [0.1, 0.15) is 5.78 Å². The van der Waals surface area contributed by atoms with Gasteiger partial charge in [-0.1, -0.05) is 0 Å². The summed E-state index contributed by atoms with van der Waals surface area (Å²) in [5, 5.41) is 6.02. The monoisotopic (exact) mass is 317 g/mol. The summed E-state index contributed by atoms with van der Waals surface area (Å²) in [4.78, 5) is 17.8. The first-order valence-corrected chi connectivity index (χ1v) is 8.22. The predicted molar refractivity (Wildman–Crippen MR) is 89.3 cm³/mol. The van der Waals surface area contributed by atoms with Crippen molar-refractivity contribution in [2.24, 2.45) is 0 Å². The first-order chi connectivity index (χ1) is 10.7. The number of nitrogens with one attached hydrogen (secondary N) is 1. The van der Waals surface area contributed by atoms with Crippen molar-refractivity contribution in [1.82, 2.24) is 4.98 Å². The van der Waals surface area contributed by atoms with Crippen LogP contribution in [0.25, 0.3) is 0 Å². The maximum absolute atomic E-state index is 11.1. The summed E-state index contributed by atoms with van der Waals surface area (Å²) in [6, 6.07) is 8.32. The van der Waals surface area contributed by atoms with Crippen LogP contribution >= 0.6 is 11.3 Å². The minimum Gasteiger partial charge on any atom is -0.378 e. The minimum atomic E-state index is 0.131. The summed E-state index contributed by atoms with van der Waals surface area (Å²) in [5.74, 6) is 0.131. The van der Waals surface area contributed by atoms with Gasteiger partial charge in [0.05, 0.1) is 18.9 Å². The fourth-order valence-corrected chi connectivity index (χ4v) is 3.13. The van der Waals surface area contributed by atoms with Crippen LogP contribution in [0.3, 0.4) is 0 Å². The number of Topliss-reactive ketones (excluding diaryl/α,β-unsaturated/α-hetero) is 1. The molecule has 0 saturated carbocycles. The standard InChI is InChI=1S/C16H19N3O2S/c1-12(20)10-14-11-22-16(18-14)17-13-2-4-15(5-3-13)19-6-8-21-9-7-19/h2-5,11H,6-10H2,1H3,(H,17,18). The molecular formula is C16H19N3O2S. The lowest BCUT2D eigenvalue weighted by Crippen LogP contribution is -2.36. The predicted octanol–water partition coefficient (Wildman–Crippen LogP) is 2.85. The molecular weight excluding hydrogens is 298 g/mol. The number of hydrogen-bond acceptors (Lipinski definition) is 6. The highest BCUT2D eigenvalue weighted by Crippen LogP contribution is 2.24. The van der Waals surface area contributed by atoms with Crippen LogP contribution < -0.4 is 10.2 Å². The molecule has 3 rings (SSSR count). The van der Waals surface area contributed by atoms with Gasteiger partial charge < -0.3 is 15.0 Å². The molecule has 0 bridgehead atoms. The number of aromatic nitrogens is 1. The second-order valence-corrected chi connectivity index (χ2v) is 6.15. The second-order valence-electron chi connectivity index (χ2n) is 5.29. The number of ketones is 1. The van der Waals surface area contributed by atoms with Crippen LogP contribution in [-0.2, 0) is 16.0 Å². The summed E-state index contributed by atoms with van der Waals surface area (Å²) in [5.41, 5.74) is 3.04. The zero-order valence-corrected chi connectivity index (χ0v) is 13.4. The Labute approximate surface area is 133 Å². The van der Waals surface area contributed by atoms with E-state index in [1.54, 1.807) is 6.92 Å². The number of carbonyl (C=O) groups is 1. The van der Waals surface area contributed by atoms with Crippen molar-refractivity contribution in [3.63, 3.8) is 0 Å². The Morgan fingerprint density at radius 1 is 1.32 bits per heavy atom. The van der Waals surface area contributed by atoms with Crippen LogP contribution in [0, 0.1) is 0 Å². The van der Waals surface area contributed by atoms with Crippen LogP contribution in [0.2, 0.25) is 0 Å². The average molecular weight is 317 g/mol. The highest BCUT2D eigenvalue weighted by atomic mass is 32.1. The number of nitrogens with zero attached hydrogens (tertiary/aromatic N) is 2. The van der Waals surface area contributed by atoms with Crippen LogP contribution in [0.1, 0.15) is 12.6 Å². The largest absolute Gasteiger partial charge is 0.378 e. The molecule has 1 aromatic heterocycles. The summed E-state index contributed by atoms with van der Waals surface area (Å²) in [6.45, 7) is 5.04. The molecule has 2 aromatic rings. The van der Waals surface area contributed by atoms with Crippen molar-refractivity contribution in [2.75, 3.05) is 36.5 Å². The summed E-state index contributed by atoms with van der Waals surface area (Å²) in [6.07, 6.45) is 0.397. The molecule has 6 heteroatoms. The molecule has 0 unspecified atom stereocenters. The lowest BCUT2D eigenvalue weighted by Gasteiger charge is -2.28. The van der Waals surface area contributed by atoms with E-state index in [4.69, 9.17) is 4.74 Å². The van der Waals surface area contributed by atoms with E-state index in [1.165, 1.54) is 17.0 Å². The molecule has 1 N–H and O–H groups in total. The molecule has 5 nitrogen and oxygen atoms in total. The number of thiazole rings is 1. The summed E-state index contributed by atoms with van der Waals surface area (Å²) in [7, 11) is 0. The number of ether oxygens (including phenoxy) is 1. The smallest absolute Gasteiger partial charge is 0.187 e.